The smallest absolute Gasteiger partial charge is 0.209 e. The number of aliphatic hydroxyl groups excluding tert-OH is 1. The zero-order valence-electron chi connectivity index (χ0n) is 17.8. The van der Waals surface area contributed by atoms with Gasteiger partial charge in [0.25, 0.3) is 0 Å². The predicted octanol–water partition coefficient (Wildman–Crippen LogP) is 6.48. The molecular formula is C26H20Cl2N2O3S. The van der Waals surface area contributed by atoms with Crippen LogP contribution in [0.1, 0.15) is 33.6 Å². The first-order valence-electron chi connectivity index (χ1n) is 10.6. The van der Waals surface area contributed by atoms with Crippen molar-refractivity contribution in [1.29, 1.82) is 0 Å². The lowest BCUT2D eigenvalue weighted by atomic mass is 9.94. The number of carbonyl (C=O) groups is 1. The second-order valence-electron chi connectivity index (χ2n) is 8.58. The number of aromatic hydroxyl groups is 1. The van der Waals surface area contributed by atoms with E-state index in [1.165, 1.54) is 11.3 Å². The number of hydrogen-bond donors (Lipinski definition) is 3. The van der Waals surface area contributed by atoms with Gasteiger partial charge in [-0.2, -0.15) is 0 Å². The molecule has 0 radical (unpaired) electrons. The fourth-order valence-corrected chi connectivity index (χ4v) is 5.67. The number of aliphatic hydroxyl groups is 1. The van der Waals surface area contributed by atoms with Gasteiger partial charge in [-0.1, -0.05) is 41.9 Å². The van der Waals surface area contributed by atoms with Gasteiger partial charge in [0, 0.05) is 27.9 Å². The van der Waals surface area contributed by atoms with Crippen LogP contribution >= 0.6 is 35.3 Å². The SMILES string of the molecule is Cl.O=C(c1cc2cccnc2s1)c1c(O)[nH]c2cc(Cl)c(-c3ccc(C4(CO)CC4)cc3)cc12. The van der Waals surface area contributed by atoms with Gasteiger partial charge in [-0.05, 0) is 48.2 Å². The van der Waals surface area contributed by atoms with E-state index in [1.54, 1.807) is 18.3 Å². The van der Waals surface area contributed by atoms with Crippen molar-refractivity contribution in [1.82, 2.24) is 9.97 Å². The molecule has 0 saturated heterocycles. The van der Waals surface area contributed by atoms with E-state index in [1.807, 2.05) is 42.5 Å². The van der Waals surface area contributed by atoms with Gasteiger partial charge >= 0.3 is 0 Å². The second kappa shape index (κ2) is 8.40. The number of benzene rings is 2. The minimum atomic E-state index is -0.260. The third-order valence-electron chi connectivity index (χ3n) is 6.58. The molecule has 6 rings (SSSR count). The summed E-state index contributed by atoms with van der Waals surface area (Å²) in [6.07, 6.45) is 3.69. The molecule has 3 aromatic heterocycles. The molecule has 0 atom stereocenters. The van der Waals surface area contributed by atoms with Crippen LogP contribution in [0.5, 0.6) is 5.88 Å². The van der Waals surface area contributed by atoms with E-state index in [0.29, 0.717) is 20.8 Å². The highest BCUT2D eigenvalue weighted by Crippen LogP contribution is 2.48. The van der Waals surface area contributed by atoms with E-state index in [4.69, 9.17) is 11.6 Å². The number of thiophene rings is 1. The largest absolute Gasteiger partial charge is 0.494 e. The molecule has 2 aromatic carbocycles. The monoisotopic (exact) mass is 510 g/mol. The van der Waals surface area contributed by atoms with Crippen molar-refractivity contribution in [3.63, 3.8) is 0 Å². The van der Waals surface area contributed by atoms with Crippen molar-refractivity contribution in [2.24, 2.45) is 0 Å². The Morgan fingerprint density at radius 1 is 1.15 bits per heavy atom. The lowest BCUT2D eigenvalue weighted by Gasteiger charge is -2.13. The van der Waals surface area contributed by atoms with Crippen molar-refractivity contribution >= 4 is 62.2 Å². The van der Waals surface area contributed by atoms with Gasteiger partial charge < -0.3 is 15.2 Å². The molecule has 8 heteroatoms. The normalized spacial score (nSPS) is 14.3. The number of ketones is 1. The standard InChI is InChI=1S/C26H19ClN2O3S.ClH/c27-19-12-20-18(11-17(19)14-3-5-16(6-4-14)26(13-30)7-8-26)22(24(32)29-20)23(31)21-10-15-2-1-9-28-25(15)33-21;/h1-6,9-12,29-30,32H,7-8,13H2;1H. The summed E-state index contributed by atoms with van der Waals surface area (Å²) < 4.78 is 0. The molecule has 0 amide bonds. The fraction of sp³-hybridized carbons (Fsp3) is 0.154. The number of carbonyl (C=O) groups excluding carboxylic acids is 1. The Hall–Kier alpha value is -2.90. The lowest BCUT2D eigenvalue weighted by Crippen LogP contribution is -2.11. The van der Waals surface area contributed by atoms with Crippen molar-refractivity contribution in [3.05, 3.63) is 81.8 Å². The van der Waals surface area contributed by atoms with E-state index in [0.717, 1.165) is 39.7 Å². The summed E-state index contributed by atoms with van der Waals surface area (Å²) >= 11 is 7.89. The number of halogens is 2. The number of aromatic amines is 1. The van der Waals surface area contributed by atoms with Crippen LogP contribution < -0.4 is 0 Å². The summed E-state index contributed by atoms with van der Waals surface area (Å²) in [4.78, 5) is 21.9. The Kier molecular flexibility index (Phi) is 5.65. The van der Waals surface area contributed by atoms with E-state index >= 15 is 0 Å². The van der Waals surface area contributed by atoms with Crippen LogP contribution in [0.2, 0.25) is 5.02 Å². The van der Waals surface area contributed by atoms with Gasteiger partial charge in [-0.15, -0.1) is 23.7 Å². The molecule has 0 aliphatic heterocycles. The van der Waals surface area contributed by atoms with E-state index in [2.05, 4.69) is 9.97 Å². The van der Waals surface area contributed by atoms with Crippen LogP contribution in [0.3, 0.4) is 0 Å². The molecule has 34 heavy (non-hydrogen) atoms. The maximum atomic E-state index is 13.4. The molecule has 0 spiro atoms. The van der Waals surface area contributed by atoms with Gasteiger partial charge in [0.15, 0.2) is 0 Å². The minimum absolute atomic E-state index is 0. The summed E-state index contributed by atoms with van der Waals surface area (Å²) in [6.45, 7) is 0.153. The van der Waals surface area contributed by atoms with Crippen LogP contribution in [0.4, 0.5) is 0 Å². The molecule has 3 N–H and O–H groups in total. The topological polar surface area (TPSA) is 86.2 Å². The van der Waals surface area contributed by atoms with Crippen molar-refractivity contribution in [2.75, 3.05) is 6.61 Å². The van der Waals surface area contributed by atoms with E-state index < -0.39 is 0 Å². The first-order chi connectivity index (χ1) is 16.0. The maximum Gasteiger partial charge on any atom is 0.209 e. The first kappa shape index (κ1) is 22.9. The Balaban J connectivity index is 0.00000241. The molecule has 1 aliphatic rings. The van der Waals surface area contributed by atoms with E-state index in [-0.39, 0.29) is 41.7 Å². The van der Waals surface area contributed by atoms with Crippen LogP contribution in [-0.2, 0) is 5.41 Å². The van der Waals surface area contributed by atoms with Crippen molar-refractivity contribution < 1.29 is 15.0 Å². The van der Waals surface area contributed by atoms with Gasteiger partial charge in [0.2, 0.25) is 11.7 Å². The van der Waals surface area contributed by atoms with Crippen LogP contribution in [0.15, 0.2) is 60.8 Å². The van der Waals surface area contributed by atoms with Crippen LogP contribution in [0.25, 0.3) is 32.2 Å². The minimum Gasteiger partial charge on any atom is -0.494 e. The van der Waals surface area contributed by atoms with Gasteiger partial charge in [-0.25, -0.2) is 4.98 Å². The predicted molar refractivity (Wildman–Crippen MR) is 139 cm³/mol. The Morgan fingerprint density at radius 3 is 2.59 bits per heavy atom. The Bertz CT molecular complexity index is 1520. The fourth-order valence-electron chi connectivity index (χ4n) is 4.45. The zero-order valence-corrected chi connectivity index (χ0v) is 20.2. The summed E-state index contributed by atoms with van der Waals surface area (Å²) in [5.74, 6) is -0.438. The molecular weight excluding hydrogens is 491 g/mol. The number of rotatable bonds is 5. The molecule has 5 nitrogen and oxygen atoms in total. The number of H-pyrrole nitrogens is 1. The average Bonchev–Trinajstić information content (AvgIpc) is 3.40. The number of nitrogens with zero attached hydrogens (tertiary/aromatic N) is 1. The molecule has 5 aromatic rings. The second-order valence-corrected chi connectivity index (χ2v) is 10.0. The van der Waals surface area contributed by atoms with Crippen LogP contribution in [-0.4, -0.2) is 32.6 Å². The Morgan fingerprint density at radius 2 is 1.91 bits per heavy atom. The van der Waals surface area contributed by atoms with Gasteiger partial charge in [0.05, 0.1) is 27.6 Å². The van der Waals surface area contributed by atoms with Crippen LogP contribution in [0, 0.1) is 0 Å². The number of fused-ring (bicyclic) bond motifs is 2. The number of aromatic nitrogens is 2. The third-order valence-corrected chi connectivity index (χ3v) is 7.95. The highest BCUT2D eigenvalue weighted by atomic mass is 35.5. The highest BCUT2D eigenvalue weighted by molar-refractivity contribution is 7.20. The van der Waals surface area contributed by atoms with Crippen molar-refractivity contribution in [2.45, 2.75) is 18.3 Å². The molecule has 0 unspecified atom stereocenters. The molecule has 1 fully saturated rings. The zero-order chi connectivity index (χ0) is 22.7. The van der Waals surface area contributed by atoms with Gasteiger partial charge in [-0.3, -0.25) is 4.79 Å². The van der Waals surface area contributed by atoms with E-state index in [9.17, 15) is 15.0 Å². The Labute approximate surface area is 210 Å². The highest BCUT2D eigenvalue weighted by Gasteiger charge is 2.43. The molecule has 1 saturated carbocycles. The average molecular weight is 511 g/mol. The molecule has 1 aliphatic carbocycles. The quantitative estimate of drug-likeness (QED) is 0.236. The lowest BCUT2D eigenvalue weighted by molar-refractivity contribution is 0.104. The third kappa shape index (κ3) is 3.58. The van der Waals surface area contributed by atoms with Gasteiger partial charge in [0.1, 0.15) is 4.83 Å². The first-order valence-corrected chi connectivity index (χ1v) is 11.8. The summed E-state index contributed by atoms with van der Waals surface area (Å²) in [5, 5.41) is 22.3. The summed E-state index contributed by atoms with van der Waals surface area (Å²) in [6, 6.07) is 17.2. The molecule has 3 heterocycles. The number of pyridine rings is 1. The maximum absolute atomic E-state index is 13.4. The number of hydrogen-bond acceptors (Lipinski definition) is 5. The summed E-state index contributed by atoms with van der Waals surface area (Å²) in [7, 11) is 0. The molecule has 172 valence electrons. The van der Waals surface area contributed by atoms with Crippen molar-refractivity contribution in [3.8, 4) is 17.0 Å². The number of nitrogens with one attached hydrogen (secondary N) is 1. The summed E-state index contributed by atoms with van der Waals surface area (Å²) in [5.41, 5.74) is 3.53. The molecule has 0 bridgehead atoms.